The minimum Gasteiger partial charge on any atom is -0.207 e. The van der Waals surface area contributed by atoms with E-state index in [2.05, 4.69) is 37.3 Å². The highest BCUT2D eigenvalue weighted by Crippen LogP contribution is 2.39. The summed E-state index contributed by atoms with van der Waals surface area (Å²) < 4.78 is 13.5. The maximum Gasteiger partial charge on any atom is 0.123 e. The van der Waals surface area contributed by atoms with E-state index >= 15 is 0 Å². The third-order valence-electron chi connectivity index (χ3n) is 5.47. The molecule has 0 spiro atoms. The Morgan fingerprint density at radius 3 is 2.46 bits per heavy atom. The molecule has 0 bridgehead atoms. The predicted molar refractivity (Wildman–Crippen MR) is 99.9 cm³/mol. The van der Waals surface area contributed by atoms with E-state index in [4.69, 9.17) is 0 Å². The van der Waals surface area contributed by atoms with Crippen LogP contribution in [-0.2, 0) is 6.42 Å². The van der Waals surface area contributed by atoms with Crippen molar-refractivity contribution in [1.82, 2.24) is 0 Å². The Hall–Kier alpha value is -2.15. The molecule has 3 aromatic rings. The van der Waals surface area contributed by atoms with Gasteiger partial charge in [0.1, 0.15) is 5.82 Å². The van der Waals surface area contributed by atoms with Crippen LogP contribution in [0.4, 0.5) is 4.39 Å². The van der Waals surface area contributed by atoms with Gasteiger partial charge in [-0.1, -0.05) is 56.2 Å². The van der Waals surface area contributed by atoms with E-state index in [1.165, 1.54) is 48.1 Å². The van der Waals surface area contributed by atoms with E-state index in [9.17, 15) is 4.39 Å². The Morgan fingerprint density at radius 1 is 0.917 bits per heavy atom. The first-order valence-electron chi connectivity index (χ1n) is 9.07. The van der Waals surface area contributed by atoms with Crippen LogP contribution >= 0.6 is 0 Å². The summed E-state index contributed by atoms with van der Waals surface area (Å²) in [6.45, 7) is 2.26. The zero-order chi connectivity index (χ0) is 16.5. The van der Waals surface area contributed by atoms with Gasteiger partial charge in [-0.15, -0.1) is 0 Å². The van der Waals surface area contributed by atoms with Gasteiger partial charge in [-0.3, -0.25) is 0 Å². The minimum atomic E-state index is -0.182. The number of rotatable bonds is 3. The number of halogens is 1. The first-order valence-corrected chi connectivity index (χ1v) is 9.07. The fourth-order valence-corrected chi connectivity index (χ4v) is 4.27. The molecular weight excluding hydrogens is 295 g/mol. The van der Waals surface area contributed by atoms with Gasteiger partial charge in [-0.2, -0.15) is 0 Å². The van der Waals surface area contributed by atoms with E-state index in [1.54, 1.807) is 17.7 Å². The van der Waals surface area contributed by atoms with Crippen molar-refractivity contribution in [2.24, 2.45) is 0 Å². The summed E-state index contributed by atoms with van der Waals surface area (Å²) >= 11 is 0. The Labute approximate surface area is 143 Å². The summed E-state index contributed by atoms with van der Waals surface area (Å²) in [5.41, 5.74) is 5.08. The smallest absolute Gasteiger partial charge is 0.123 e. The molecule has 0 amide bonds. The second-order valence-corrected chi connectivity index (χ2v) is 6.91. The van der Waals surface area contributed by atoms with Crippen LogP contribution in [0, 0.1) is 5.82 Å². The standard InChI is InChI=1S/C23H23F/c1-2-21-22(16-6-3-4-7-16)13-11-19-14-18(10-12-23(19)21)17-8-5-9-20(24)15-17/h5,8-16H,2-4,6-7H2,1H3. The van der Waals surface area contributed by atoms with Crippen LogP contribution in [0.3, 0.4) is 0 Å². The summed E-state index contributed by atoms with van der Waals surface area (Å²) in [4.78, 5) is 0. The van der Waals surface area contributed by atoms with Crippen molar-refractivity contribution in [2.45, 2.75) is 44.9 Å². The van der Waals surface area contributed by atoms with Crippen molar-refractivity contribution < 1.29 is 4.39 Å². The SMILES string of the molecule is CCc1c(C2CCCC2)ccc2cc(-c3cccc(F)c3)ccc12. The first kappa shape index (κ1) is 15.4. The molecule has 1 saturated carbocycles. The molecule has 1 fully saturated rings. The van der Waals surface area contributed by atoms with Crippen LogP contribution < -0.4 is 0 Å². The number of benzene rings is 3. The molecule has 4 rings (SSSR count). The van der Waals surface area contributed by atoms with Crippen molar-refractivity contribution in [2.75, 3.05) is 0 Å². The van der Waals surface area contributed by atoms with Gasteiger partial charge in [-0.25, -0.2) is 4.39 Å². The molecule has 0 atom stereocenters. The summed E-state index contributed by atoms with van der Waals surface area (Å²) in [5.74, 6) is 0.561. The Bertz CT molecular complexity index is 872. The maximum absolute atomic E-state index is 13.5. The lowest BCUT2D eigenvalue weighted by Gasteiger charge is -2.17. The van der Waals surface area contributed by atoms with Gasteiger partial charge in [-0.05, 0) is 76.4 Å². The number of aryl methyl sites for hydroxylation is 1. The zero-order valence-corrected chi connectivity index (χ0v) is 14.2. The Morgan fingerprint density at radius 2 is 1.71 bits per heavy atom. The minimum absolute atomic E-state index is 0.182. The molecule has 1 heteroatoms. The molecule has 0 radical (unpaired) electrons. The van der Waals surface area contributed by atoms with E-state index in [0.717, 1.165) is 23.5 Å². The molecule has 1 aliphatic rings. The van der Waals surface area contributed by atoms with Crippen molar-refractivity contribution in [3.63, 3.8) is 0 Å². The third kappa shape index (κ3) is 2.73. The normalized spacial score (nSPS) is 15.2. The second-order valence-electron chi connectivity index (χ2n) is 6.91. The van der Waals surface area contributed by atoms with E-state index < -0.39 is 0 Å². The molecule has 0 N–H and O–H groups in total. The highest BCUT2D eigenvalue weighted by molar-refractivity contribution is 5.90. The number of fused-ring (bicyclic) bond motifs is 1. The van der Waals surface area contributed by atoms with E-state index in [0.29, 0.717) is 0 Å². The van der Waals surface area contributed by atoms with Crippen LogP contribution in [-0.4, -0.2) is 0 Å². The third-order valence-corrected chi connectivity index (χ3v) is 5.47. The van der Waals surface area contributed by atoms with E-state index in [1.807, 2.05) is 6.07 Å². The fraction of sp³-hybridized carbons (Fsp3) is 0.304. The highest BCUT2D eigenvalue weighted by atomic mass is 19.1. The summed E-state index contributed by atoms with van der Waals surface area (Å²) in [7, 11) is 0. The molecule has 0 aliphatic heterocycles. The molecule has 122 valence electrons. The van der Waals surface area contributed by atoms with Crippen molar-refractivity contribution in [3.8, 4) is 11.1 Å². The van der Waals surface area contributed by atoms with Gasteiger partial charge >= 0.3 is 0 Å². The number of hydrogen-bond donors (Lipinski definition) is 0. The van der Waals surface area contributed by atoms with Crippen LogP contribution in [0.2, 0.25) is 0 Å². The van der Waals surface area contributed by atoms with Crippen LogP contribution in [0.25, 0.3) is 21.9 Å². The molecule has 1 aliphatic carbocycles. The van der Waals surface area contributed by atoms with Crippen LogP contribution in [0.1, 0.15) is 49.7 Å². The van der Waals surface area contributed by atoms with Gasteiger partial charge in [0.15, 0.2) is 0 Å². The van der Waals surface area contributed by atoms with Gasteiger partial charge in [0.25, 0.3) is 0 Å². The molecule has 0 saturated heterocycles. The predicted octanol–water partition coefficient (Wildman–Crippen LogP) is 6.87. The quantitative estimate of drug-likeness (QED) is 0.494. The fourth-order valence-electron chi connectivity index (χ4n) is 4.27. The Balaban J connectivity index is 1.82. The van der Waals surface area contributed by atoms with Gasteiger partial charge in [0.05, 0.1) is 0 Å². The second kappa shape index (κ2) is 6.39. The Kier molecular flexibility index (Phi) is 4.10. The van der Waals surface area contributed by atoms with Gasteiger partial charge < -0.3 is 0 Å². The summed E-state index contributed by atoms with van der Waals surface area (Å²) in [6.07, 6.45) is 6.47. The summed E-state index contributed by atoms with van der Waals surface area (Å²) in [5, 5.41) is 2.62. The topological polar surface area (TPSA) is 0 Å². The van der Waals surface area contributed by atoms with E-state index in [-0.39, 0.29) is 5.82 Å². The van der Waals surface area contributed by atoms with Crippen molar-refractivity contribution in [3.05, 3.63) is 71.5 Å². The zero-order valence-electron chi connectivity index (χ0n) is 14.2. The lowest BCUT2D eigenvalue weighted by molar-refractivity contribution is 0.628. The lowest BCUT2D eigenvalue weighted by atomic mass is 9.87. The molecule has 0 aromatic heterocycles. The largest absolute Gasteiger partial charge is 0.207 e. The molecule has 24 heavy (non-hydrogen) atoms. The average Bonchev–Trinajstić information content (AvgIpc) is 3.14. The molecule has 0 nitrogen and oxygen atoms in total. The highest BCUT2D eigenvalue weighted by Gasteiger charge is 2.20. The maximum atomic E-state index is 13.5. The van der Waals surface area contributed by atoms with Crippen LogP contribution in [0.15, 0.2) is 54.6 Å². The first-order chi connectivity index (χ1) is 11.8. The molecule has 0 unspecified atom stereocenters. The van der Waals surface area contributed by atoms with Crippen molar-refractivity contribution >= 4 is 10.8 Å². The number of hydrogen-bond acceptors (Lipinski definition) is 0. The summed E-state index contributed by atoms with van der Waals surface area (Å²) in [6, 6.07) is 18.0. The van der Waals surface area contributed by atoms with Crippen LogP contribution in [0.5, 0.6) is 0 Å². The van der Waals surface area contributed by atoms with Gasteiger partial charge in [0.2, 0.25) is 0 Å². The monoisotopic (exact) mass is 318 g/mol. The average molecular weight is 318 g/mol. The lowest BCUT2D eigenvalue weighted by Crippen LogP contribution is -1.99. The van der Waals surface area contributed by atoms with Gasteiger partial charge in [0, 0.05) is 0 Å². The molecular formula is C23H23F. The molecule has 3 aromatic carbocycles. The van der Waals surface area contributed by atoms with Crippen molar-refractivity contribution in [1.29, 1.82) is 0 Å². The molecule has 0 heterocycles.